The van der Waals surface area contributed by atoms with Gasteiger partial charge in [0.1, 0.15) is 23.5 Å². The van der Waals surface area contributed by atoms with Crippen LogP contribution in [0, 0.1) is 11.7 Å². The van der Waals surface area contributed by atoms with Gasteiger partial charge in [-0.25, -0.2) is 14.2 Å². The normalized spacial score (nSPS) is 17.8. The highest BCUT2D eigenvalue weighted by atomic mass is 35.5. The lowest BCUT2D eigenvalue weighted by Gasteiger charge is -2.40. The van der Waals surface area contributed by atoms with Gasteiger partial charge in [-0.05, 0) is 81.7 Å². The summed E-state index contributed by atoms with van der Waals surface area (Å²) >= 11 is 6.76. The maximum absolute atomic E-state index is 16.7. The maximum atomic E-state index is 16.7. The Morgan fingerprint density at radius 1 is 1.18 bits per heavy atom. The number of benzene rings is 3. The Morgan fingerprint density at radius 2 is 1.93 bits per heavy atom. The molecule has 2 fully saturated rings. The summed E-state index contributed by atoms with van der Waals surface area (Å²) in [6, 6.07) is 12.1. The molecule has 3 aromatic carbocycles. The number of phenols is 1. The van der Waals surface area contributed by atoms with Gasteiger partial charge in [0.15, 0.2) is 5.82 Å². The third kappa shape index (κ3) is 5.80. The summed E-state index contributed by atoms with van der Waals surface area (Å²) in [6.45, 7) is 7.59. The van der Waals surface area contributed by atoms with Gasteiger partial charge < -0.3 is 28.9 Å². The molecule has 2 aliphatic heterocycles. The Balaban J connectivity index is 1.42. The Morgan fingerprint density at radius 3 is 2.64 bits per heavy atom. The number of carbonyl (C=O) groups is 1. The van der Waals surface area contributed by atoms with Crippen molar-refractivity contribution >= 4 is 39.5 Å². The number of carbonyl (C=O) groups excluding carboxylic acids is 1. The van der Waals surface area contributed by atoms with E-state index in [0.717, 1.165) is 24.8 Å². The SMILES string of the molecule is CN1CCC[C@H]1COc1nc2c(F)c(-c3cc(O)cc4ccccc34)c(Cl)cc2n(CC2CN(C(=O)OC(C)(C)C)C2)c1=O. The highest BCUT2D eigenvalue weighted by Gasteiger charge is 2.35. The first-order valence-electron chi connectivity index (χ1n) is 14.8. The molecule has 2 aliphatic rings. The number of likely N-dealkylation sites (tertiary alicyclic amines) is 2. The van der Waals surface area contributed by atoms with Gasteiger partial charge in [0.2, 0.25) is 0 Å². The minimum atomic E-state index is -0.719. The van der Waals surface area contributed by atoms with Crippen LogP contribution in [0.25, 0.3) is 32.9 Å². The molecule has 0 aliphatic carbocycles. The number of halogens is 2. The average Bonchev–Trinajstić information content (AvgIpc) is 3.34. The molecule has 1 atom stereocenters. The van der Waals surface area contributed by atoms with Crippen molar-refractivity contribution in [1.29, 1.82) is 0 Å². The van der Waals surface area contributed by atoms with E-state index in [1.165, 1.54) is 10.6 Å². The van der Waals surface area contributed by atoms with Crippen LogP contribution in [-0.4, -0.2) is 75.5 Å². The number of fused-ring (bicyclic) bond motifs is 2. The predicted octanol–water partition coefficient (Wildman–Crippen LogP) is 6.05. The van der Waals surface area contributed by atoms with Crippen molar-refractivity contribution in [3.8, 4) is 22.8 Å². The van der Waals surface area contributed by atoms with Crippen LogP contribution >= 0.6 is 11.6 Å². The summed E-state index contributed by atoms with van der Waals surface area (Å²) in [7, 11) is 2.01. The van der Waals surface area contributed by atoms with Gasteiger partial charge in [0, 0.05) is 37.2 Å². The quantitative estimate of drug-likeness (QED) is 0.279. The minimum absolute atomic E-state index is 0.0311. The molecule has 11 heteroatoms. The number of nitrogens with zero attached hydrogens (tertiary/aromatic N) is 4. The lowest BCUT2D eigenvalue weighted by Crippen LogP contribution is -2.53. The van der Waals surface area contributed by atoms with Crippen molar-refractivity contribution in [2.45, 2.75) is 51.8 Å². The van der Waals surface area contributed by atoms with Gasteiger partial charge in [-0.15, -0.1) is 0 Å². The second-order valence-electron chi connectivity index (χ2n) is 12.8. The predicted molar refractivity (Wildman–Crippen MR) is 168 cm³/mol. The first kappa shape index (κ1) is 30.1. The van der Waals surface area contributed by atoms with Crippen molar-refractivity contribution in [3.63, 3.8) is 0 Å². The molecule has 0 saturated carbocycles. The molecule has 0 unspecified atom stereocenters. The smallest absolute Gasteiger partial charge is 0.410 e. The molecule has 2 saturated heterocycles. The van der Waals surface area contributed by atoms with Crippen LogP contribution in [0.3, 0.4) is 0 Å². The molecule has 1 N–H and O–H groups in total. The van der Waals surface area contributed by atoms with E-state index < -0.39 is 23.1 Å². The molecule has 1 amide bonds. The molecule has 4 aromatic rings. The van der Waals surface area contributed by atoms with Gasteiger partial charge in [-0.1, -0.05) is 35.9 Å². The van der Waals surface area contributed by atoms with E-state index in [1.54, 1.807) is 17.0 Å². The summed E-state index contributed by atoms with van der Waals surface area (Å²) in [5.74, 6) is -1.01. The summed E-state index contributed by atoms with van der Waals surface area (Å²) in [5.41, 5.74) is -0.453. The number of rotatable bonds is 6. The number of aromatic nitrogens is 2. The van der Waals surface area contributed by atoms with Gasteiger partial charge in [-0.3, -0.25) is 4.79 Å². The number of amides is 1. The summed E-state index contributed by atoms with van der Waals surface area (Å²) < 4.78 is 29.6. The second kappa shape index (κ2) is 11.6. The number of likely N-dealkylation sites (N-methyl/N-ethyl adjacent to an activating group) is 1. The molecule has 9 nitrogen and oxygen atoms in total. The largest absolute Gasteiger partial charge is 0.508 e. The van der Waals surface area contributed by atoms with E-state index in [2.05, 4.69) is 9.88 Å². The molecule has 0 bridgehead atoms. The molecule has 0 spiro atoms. The van der Waals surface area contributed by atoms with E-state index in [4.69, 9.17) is 21.1 Å². The third-order valence-corrected chi connectivity index (χ3v) is 8.65. The standard InChI is InChI=1S/C33H36ClFN4O5/c1-33(2,3)44-32(42)38-15-19(16-38)17-39-26-14-25(34)27(24-13-22(40)12-20-8-5-6-10-23(20)24)28(35)29(26)36-30(31(39)41)43-18-21-9-7-11-37(21)4/h5-6,8,10,12-14,19,21,40H,7,9,11,15-18H2,1-4H3/t21-/m0/s1. The van der Waals surface area contributed by atoms with Crippen LogP contribution in [0.1, 0.15) is 33.6 Å². The number of ether oxygens (including phenoxy) is 2. The minimum Gasteiger partial charge on any atom is -0.508 e. The van der Waals surface area contributed by atoms with Gasteiger partial charge in [-0.2, -0.15) is 0 Å². The maximum Gasteiger partial charge on any atom is 0.410 e. The first-order chi connectivity index (χ1) is 20.9. The number of hydrogen-bond acceptors (Lipinski definition) is 7. The van der Waals surface area contributed by atoms with Crippen molar-refractivity contribution in [3.05, 3.63) is 63.7 Å². The average molecular weight is 623 g/mol. The van der Waals surface area contributed by atoms with Gasteiger partial charge in [0.05, 0.1) is 10.5 Å². The highest BCUT2D eigenvalue weighted by Crippen LogP contribution is 2.40. The number of phenolic OH excluding ortho intramolecular Hbond substituents is 1. The van der Waals surface area contributed by atoms with Gasteiger partial charge in [0.25, 0.3) is 5.88 Å². The molecular formula is C33H36ClFN4O5. The molecule has 3 heterocycles. The van der Waals surface area contributed by atoms with E-state index in [1.807, 2.05) is 52.1 Å². The van der Waals surface area contributed by atoms with Crippen LogP contribution in [0.15, 0.2) is 47.3 Å². The summed E-state index contributed by atoms with van der Waals surface area (Å²) in [4.78, 5) is 34.5. The second-order valence-corrected chi connectivity index (χ2v) is 13.2. The lowest BCUT2D eigenvalue weighted by molar-refractivity contribution is -0.00334. The highest BCUT2D eigenvalue weighted by molar-refractivity contribution is 6.34. The topological polar surface area (TPSA) is 97.1 Å². The fraction of sp³-hybridized carbons (Fsp3) is 0.424. The van der Waals surface area contributed by atoms with E-state index in [-0.39, 0.29) is 58.4 Å². The molecule has 1 aromatic heterocycles. The fourth-order valence-corrected chi connectivity index (χ4v) is 6.38. The van der Waals surface area contributed by atoms with Crippen LogP contribution in [0.4, 0.5) is 9.18 Å². The Kier molecular flexibility index (Phi) is 7.92. The molecule has 232 valence electrons. The lowest BCUT2D eigenvalue weighted by atomic mass is 9.96. The zero-order valence-electron chi connectivity index (χ0n) is 25.3. The third-order valence-electron chi connectivity index (χ3n) is 8.35. The van der Waals surface area contributed by atoms with E-state index >= 15 is 4.39 Å². The molecular weight excluding hydrogens is 587 g/mol. The zero-order valence-corrected chi connectivity index (χ0v) is 26.0. The number of hydrogen-bond donors (Lipinski definition) is 1. The van der Waals surface area contributed by atoms with Crippen molar-refractivity contribution in [1.82, 2.24) is 19.4 Å². The molecule has 6 rings (SSSR count). The fourth-order valence-electron chi connectivity index (χ4n) is 6.09. The summed E-state index contributed by atoms with van der Waals surface area (Å²) in [6.07, 6.45) is 1.55. The van der Waals surface area contributed by atoms with Crippen LogP contribution in [0.2, 0.25) is 5.02 Å². The van der Waals surface area contributed by atoms with Crippen molar-refractivity contribution in [2.24, 2.45) is 5.92 Å². The van der Waals surface area contributed by atoms with Crippen LogP contribution in [0.5, 0.6) is 11.6 Å². The first-order valence-corrected chi connectivity index (χ1v) is 15.2. The molecule has 0 radical (unpaired) electrons. The van der Waals surface area contributed by atoms with E-state index in [9.17, 15) is 14.7 Å². The van der Waals surface area contributed by atoms with Crippen LogP contribution < -0.4 is 10.3 Å². The van der Waals surface area contributed by atoms with Crippen LogP contribution in [-0.2, 0) is 11.3 Å². The Bertz CT molecular complexity index is 1810. The van der Waals surface area contributed by atoms with E-state index in [0.29, 0.717) is 24.0 Å². The van der Waals surface area contributed by atoms with Gasteiger partial charge >= 0.3 is 11.7 Å². The Hall–Kier alpha value is -3.89. The van der Waals surface area contributed by atoms with Crippen molar-refractivity contribution in [2.75, 3.05) is 33.3 Å². The molecule has 44 heavy (non-hydrogen) atoms. The summed E-state index contributed by atoms with van der Waals surface area (Å²) in [5, 5.41) is 12.0. The van der Waals surface area contributed by atoms with Crippen molar-refractivity contribution < 1.29 is 23.8 Å². The Labute approximate surface area is 259 Å². The monoisotopic (exact) mass is 622 g/mol. The zero-order chi connectivity index (χ0) is 31.3. The number of aromatic hydroxyl groups is 1.